The van der Waals surface area contributed by atoms with Gasteiger partial charge in [-0.15, -0.1) is 0 Å². The maximum atomic E-state index is 13.2. The Morgan fingerprint density at radius 2 is 1.85 bits per heavy atom. The van der Waals surface area contributed by atoms with Crippen LogP contribution in [0.5, 0.6) is 0 Å². The van der Waals surface area contributed by atoms with E-state index < -0.39 is 5.41 Å². The first kappa shape index (κ1) is 17.7. The minimum atomic E-state index is -0.578. The molecule has 1 aliphatic heterocycles. The zero-order valence-corrected chi connectivity index (χ0v) is 15.7. The second-order valence-electron chi connectivity index (χ2n) is 7.54. The summed E-state index contributed by atoms with van der Waals surface area (Å²) in [6, 6.07) is 6.20. The van der Waals surface area contributed by atoms with Crippen molar-refractivity contribution in [2.24, 2.45) is 0 Å². The second-order valence-corrected chi connectivity index (χ2v) is 7.54. The van der Waals surface area contributed by atoms with Gasteiger partial charge in [0.1, 0.15) is 11.5 Å². The number of benzene rings is 1. The van der Waals surface area contributed by atoms with Gasteiger partial charge in [0.25, 0.3) is 0 Å². The molecule has 1 aromatic heterocycles. The van der Waals surface area contributed by atoms with Crippen LogP contribution in [0.3, 0.4) is 0 Å². The van der Waals surface area contributed by atoms with Gasteiger partial charge in [0.05, 0.1) is 11.6 Å². The molecule has 4 rings (SSSR count). The number of carbonyl (C=O) groups is 1. The van der Waals surface area contributed by atoms with E-state index in [0.717, 1.165) is 44.3 Å². The van der Waals surface area contributed by atoms with E-state index >= 15 is 0 Å². The number of hydrogen-bond acceptors (Lipinski definition) is 5. The molecule has 7 heteroatoms. The molecule has 1 amide bonds. The summed E-state index contributed by atoms with van der Waals surface area (Å²) in [5.41, 5.74) is 0.869. The highest BCUT2D eigenvalue weighted by Crippen LogP contribution is 2.49. The third kappa shape index (κ3) is 3.34. The van der Waals surface area contributed by atoms with Crippen molar-refractivity contribution in [3.63, 3.8) is 0 Å². The molecule has 0 atom stereocenters. The summed E-state index contributed by atoms with van der Waals surface area (Å²) in [4.78, 5) is 26.2. The topological polar surface area (TPSA) is 61.4 Å². The minimum absolute atomic E-state index is 0.0882. The number of amides is 1. The molecule has 0 bridgehead atoms. The Labute approximate surface area is 158 Å². The number of nitrogens with one attached hydrogen (secondary N) is 1. The van der Waals surface area contributed by atoms with E-state index in [4.69, 9.17) is 0 Å². The summed E-state index contributed by atoms with van der Waals surface area (Å²) in [7, 11) is 3.80. The zero-order chi connectivity index (χ0) is 19.0. The Bertz CT molecular complexity index is 842. The molecule has 1 saturated carbocycles. The first-order valence-corrected chi connectivity index (χ1v) is 9.36. The van der Waals surface area contributed by atoms with Crippen molar-refractivity contribution in [3.05, 3.63) is 41.8 Å². The molecular formula is C20H24FN5O. The lowest BCUT2D eigenvalue weighted by Gasteiger charge is -2.22. The number of halogens is 1. The molecule has 2 aliphatic rings. The Morgan fingerprint density at radius 1 is 1.19 bits per heavy atom. The average Bonchev–Trinajstić information content (AvgIpc) is 3.29. The van der Waals surface area contributed by atoms with Crippen LogP contribution in [-0.4, -0.2) is 43.1 Å². The second kappa shape index (κ2) is 6.79. The van der Waals surface area contributed by atoms with Gasteiger partial charge in [-0.05, 0) is 43.4 Å². The fourth-order valence-electron chi connectivity index (χ4n) is 3.65. The molecule has 2 fully saturated rings. The lowest BCUT2D eigenvalue weighted by molar-refractivity contribution is -0.118. The van der Waals surface area contributed by atoms with E-state index in [0.29, 0.717) is 17.5 Å². The molecule has 0 unspecified atom stereocenters. The first-order chi connectivity index (χ1) is 13.0. The maximum Gasteiger partial charge on any atom is 0.235 e. The van der Waals surface area contributed by atoms with Crippen molar-refractivity contribution in [3.8, 4) is 0 Å². The van der Waals surface area contributed by atoms with Crippen molar-refractivity contribution in [2.45, 2.75) is 31.1 Å². The van der Waals surface area contributed by atoms with Gasteiger partial charge in [-0.3, -0.25) is 4.79 Å². The summed E-state index contributed by atoms with van der Waals surface area (Å²) in [5, 5.41) is 3.01. The number of rotatable bonds is 5. The summed E-state index contributed by atoms with van der Waals surface area (Å²) in [5.74, 6) is 1.01. The molecule has 0 spiro atoms. The third-order valence-corrected chi connectivity index (χ3v) is 5.40. The number of anilines is 3. The Balaban J connectivity index is 1.58. The van der Waals surface area contributed by atoms with E-state index in [-0.39, 0.29) is 11.7 Å². The first-order valence-electron chi connectivity index (χ1n) is 9.36. The van der Waals surface area contributed by atoms with Gasteiger partial charge >= 0.3 is 0 Å². The van der Waals surface area contributed by atoms with Crippen LogP contribution in [0.2, 0.25) is 0 Å². The standard InChI is InChI=1S/C20H24FN5O/c1-25(2)17-16(13-22-19(24-17)26-11-3-4-12-26)23-18(27)20(9-10-20)14-5-7-15(21)8-6-14/h5-8,13H,3-4,9-12H2,1-2H3,(H,23,27). The molecule has 2 aromatic rings. The van der Waals surface area contributed by atoms with Crippen LogP contribution in [0.4, 0.5) is 21.8 Å². The molecule has 2 heterocycles. The molecule has 1 N–H and O–H groups in total. The smallest absolute Gasteiger partial charge is 0.235 e. The Kier molecular flexibility index (Phi) is 4.45. The van der Waals surface area contributed by atoms with Crippen molar-refractivity contribution < 1.29 is 9.18 Å². The summed E-state index contributed by atoms with van der Waals surface area (Å²) in [6.07, 6.45) is 5.51. The lowest BCUT2D eigenvalue weighted by atomic mass is 9.95. The van der Waals surface area contributed by atoms with Crippen LogP contribution in [-0.2, 0) is 10.2 Å². The minimum Gasteiger partial charge on any atom is -0.361 e. The van der Waals surface area contributed by atoms with Crippen LogP contribution in [0.15, 0.2) is 30.5 Å². The highest BCUT2D eigenvalue weighted by atomic mass is 19.1. The van der Waals surface area contributed by atoms with Crippen LogP contribution < -0.4 is 15.1 Å². The Morgan fingerprint density at radius 3 is 2.44 bits per heavy atom. The number of hydrogen-bond donors (Lipinski definition) is 1. The fraction of sp³-hybridized carbons (Fsp3) is 0.450. The SMILES string of the molecule is CN(C)c1nc(N2CCCC2)ncc1NC(=O)C1(c2ccc(F)cc2)CC1. The number of nitrogens with zero attached hydrogens (tertiary/aromatic N) is 4. The molecule has 142 valence electrons. The predicted molar refractivity (Wildman–Crippen MR) is 104 cm³/mol. The molecule has 0 radical (unpaired) electrons. The van der Waals surface area contributed by atoms with Crippen molar-refractivity contribution >= 4 is 23.4 Å². The quantitative estimate of drug-likeness (QED) is 0.878. The van der Waals surface area contributed by atoms with E-state index in [9.17, 15) is 9.18 Å². The highest BCUT2D eigenvalue weighted by Gasteiger charge is 2.51. The van der Waals surface area contributed by atoms with Crippen molar-refractivity contribution in [1.29, 1.82) is 0 Å². The highest BCUT2D eigenvalue weighted by molar-refractivity contribution is 6.02. The van der Waals surface area contributed by atoms with Gasteiger partial charge in [0.2, 0.25) is 11.9 Å². The lowest BCUT2D eigenvalue weighted by Crippen LogP contribution is -2.29. The Hall–Kier alpha value is -2.70. The molecule has 1 saturated heterocycles. The molecule has 1 aliphatic carbocycles. The summed E-state index contributed by atoms with van der Waals surface area (Å²) >= 11 is 0. The van der Waals surface area contributed by atoms with Gasteiger partial charge in [0.15, 0.2) is 5.82 Å². The summed E-state index contributed by atoms with van der Waals surface area (Å²) in [6.45, 7) is 1.93. The van der Waals surface area contributed by atoms with Gasteiger partial charge in [-0.25, -0.2) is 9.37 Å². The van der Waals surface area contributed by atoms with Crippen molar-refractivity contribution in [1.82, 2.24) is 9.97 Å². The van der Waals surface area contributed by atoms with E-state index in [1.807, 2.05) is 19.0 Å². The van der Waals surface area contributed by atoms with Crippen molar-refractivity contribution in [2.75, 3.05) is 42.3 Å². The third-order valence-electron chi connectivity index (χ3n) is 5.40. The molecule has 1 aromatic carbocycles. The molecule has 27 heavy (non-hydrogen) atoms. The molecular weight excluding hydrogens is 345 g/mol. The largest absolute Gasteiger partial charge is 0.361 e. The predicted octanol–water partition coefficient (Wildman–Crippen LogP) is 2.95. The van der Waals surface area contributed by atoms with Gasteiger partial charge in [-0.1, -0.05) is 12.1 Å². The van der Waals surface area contributed by atoms with Crippen LogP contribution in [0, 0.1) is 5.82 Å². The monoisotopic (exact) mass is 369 g/mol. The van der Waals surface area contributed by atoms with E-state index in [2.05, 4.69) is 20.2 Å². The van der Waals surface area contributed by atoms with Crippen LogP contribution >= 0.6 is 0 Å². The fourth-order valence-corrected chi connectivity index (χ4v) is 3.65. The van der Waals surface area contributed by atoms with Gasteiger partial charge < -0.3 is 15.1 Å². The van der Waals surface area contributed by atoms with Gasteiger partial charge in [-0.2, -0.15) is 4.98 Å². The molecule has 6 nitrogen and oxygen atoms in total. The number of aromatic nitrogens is 2. The van der Waals surface area contributed by atoms with E-state index in [1.165, 1.54) is 12.1 Å². The number of carbonyl (C=O) groups excluding carboxylic acids is 1. The van der Waals surface area contributed by atoms with Crippen LogP contribution in [0.25, 0.3) is 0 Å². The van der Waals surface area contributed by atoms with E-state index in [1.54, 1.807) is 18.3 Å². The zero-order valence-electron chi connectivity index (χ0n) is 15.7. The van der Waals surface area contributed by atoms with Crippen LogP contribution in [0.1, 0.15) is 31.2 Å². The average molecular weight is 369 g/mol. The summed E-state index contributed by atoms with van der Waals surface area (Å²) < 4.78 is 13.2. The van der Waals surface area contributed by atoms with Gasteiger partial charge in [0, 0.05) is 27.2 Å². The normalized spacial score (nSPS) is 17.7. The maximum absolute atomic E-state index is 13.2.